The van der Waals surface area contributed by atoms with Gasteiger partial charge in [-0.15, -0.1) is 11.3 Å². The highest BCUT2D eigenvalue weighted by Gasteiger charge is 2.24. The van der Waals surface area contributed by atoms with Gasteiger partial charge in [0.15, 0.2) is 0 Å². The number of rotatable bonds is 3. The van der Waals surface area contributed by atoms with Crippen LogP contribution in [0.15, 0.2) is 63.0 Å². The molecular weight excluding hydrogens is 472 g/mol. The molecule has 4 aromatic heterocycles. The number of fused-ring (bicyclic) bond motifs is 4. The lowest BCUT2D eigenvalue weighted by Gasteiger charge is -2.14. The minimum atomic E-state index is -0.415. The lowest BCUT2D eigenvalue weighted by Crippen LogP contribution is -2.39. The lowest BCUT2D eigenvalue weighted by atomic mass is 10.1. The number of thiophene rings is 1. The van der Waals surface area contributed by atoms with Gasteiger partial charge >= 0.3 is 5.69 Å². The van der Waals surface area contributed by atoms with Gasteiger partial charge in [0.1, 0.15) is 10.5 Å². The highest BCUT2D eigenvalue weighted by atomic mass is 32.1. The number of pyridine rings is 1. The molecule has 0 bridgehead atoms. The minimum Gasteiger partial charge on any atom is -0.278 e. The third kappa shape index (κ3) is 3.64. The van der Waals surface area contributed by atoms with Crippen LogP contribution in [0.5, 0.6) is 0 Å². The molecule has 0 N–H and O–H groups in total. The predicted octanol–water partition coefficient (Wildman–Crippen LogP) is 4.16. The van der Waals surface area contributed by atoms with Crippen LogP contribution in [0.3, 0.4) is 0 Å². The monoisotopic (exact) mass is 498 g/mol. The molecule has 0 radical (unpaired) electrons. The summed E-state index contributed by atoms with van der Waals surface area (Å²) in [6.45, 7) is 4.09. The number of hydrogen-bond donors (Lipinski definition) is 0. The van der Waals surface area contributed by atoms with Crippen LogP contribution in [0.25, 0.3) is 21.6 Å². The number of benzene rings is 1. The fourth-order valence-corrected chi connectivity index (χ4v) is 6.50. The summed E-state index contributed by atoms with van der Waals surface area (Å²) in [7, 11) is 0. The van der Waals surface area contributed by atoms with Crippen LogP contribution < -0.4 is 16.8 Å². The van der Waals surface area contributed by atoms with E-state index in [2.05, 4.69) is 4.98 Å². The molecule has 5 aromatic rings. The largest absolute Gasteiger partial charge is 0.337 e. The zero-order chi connectivity index (χ0) is 25.0. The highest BCUT2D eigenvalue weighted by Crippen LogP contribution is 2.34. The van der Waals surface area contributed by atoms with Gasteiger partial charge in [-0.05, 0) is 80.5 Å². The van der Waals surface area contributed by atoms with E-state index in [1.165, 1.54) is 19.9 Å². The number of aryl methyl sites for hydroxylation is 4. The van der Waals surface area contributed by atoms with Gasteiger partial charge in [0.25, 0.3) is 11.1 Å². The van der Waals surface area contributed by atoms with Crippen LogP contribution in [0, 0.1) is 13.8 Å². The first-order chi connectivity index (χ1) is 17.4. The Kier molecular flexibility index (Phi) is 5.48. The maximum atomic E-state index is 14.0. The van der Waals surface area contributed by atoms with E-state index in [1.54, 1.807) is 34.2 Å². The van der Waals surface area contributed by atoms with E-state index in [9.17, 15) is 14.4 Å². The van der Waals surface area contributed by atoms with Gasteiger partial charge < -0.3 is 0 Å². The molecule has 8 heteroatoms. The molecule has 0 saturated heterocycles. The molecule has 0 saturated carbocycles. The molecule has 182 valence electrons. The van der Waals surface area contributed by atoms with Crippen molar-refractivity contribution in [3.8, 4) is 5.69 Å². The van der Waals surface area contributed by atoms with Crippen LogP contribution in [-0.4, -0.2) is 18.5 Å². The topological polar surface area (TPSA) is 78.4 Å². The molecule has 7 nitrogen and oxygen atoms in total. The van der Waals surface area contributed by atoms with Crippen molar-refractivity contribution in [2.75, 3.05) is 0 Å². The van der Waals surface area contributed by atoms with Crippen molar-refractivity contribution in [2.24, 2.45) is 0 Å². The molecule has 0 fully saturated rings. The van der Waals surface area contributed by atoms with Gasteiger partial charge in [0.2, 0.25) is 0 Å². The molecule has 0 amide bonds. The molecule has 1 aromatic carbocycles. The van der Waals surface area contributed by atoms with Crippen molar-refractivity contribution in [3.05, 3.63) is 107 Å². The first-order valence-corrected chi connectivity index (χ1v) is 13.1. The summed E-state index contributed by atoms with van der Waals surface area (Å²) < 4.78 is 4.40. The standard InChI is InChI=1S/C28H26N4O3S/c1-17-11-12-20(14-18(17)2)32-26(34)25-21-8-4-3-5-9-22(21)36-27(25)31(28(32)35)16-19-15-24(33)30-13-7-6-10-23(30)29-19/h6-7,10-15H,3-5,8-9,16H2,1-2H3. The molecule has 36 heavy (non-hydrogen) atoms. The van der Waals surface area contributed by atoms with E-state index in [-0.39, 0.29) is 17.7 Å². The fraction of sp³-hybridized carbons (Fsp3) is 0.286. The Morgan fingerprint density at radius 2 is 1.78 bits per heavy atom. The molecule has 0 spiro atoms. The second kappa shape index (κ2) is 8.71. The zero-order valence-electron chi connectivity index (χ0n) is 20.3. The van der Waals surface area contributed by atoms with Crippen molar-refractivity contribution in [1.82, 2.24) is 18.5 Å². The Morgan fingerprint density at radius 1 is 0.944 bits per heavy atom. The average molecular weight is 499 g/mol. The van der Waals surface area contributed by atoms with Gasteiger partial charge in [-0.1, -0.05) is 18.6 Å². The summed E-state index contributed by atoms with van der Waals surface area (Å²) in [4.78, 5) is 47.1. The fourth-order valence-electron chi connectivity index (χ4n) is 5.12. The molecular formula is C28H26N4O3S. The molecule has 4 heterocycles. The van der Waals surface area contributed by atoms with Gasteiger partial charge in [0.05, 0.1) is 23.3 Å². The maximum absolute atomic E-state index is 14.0. The first-order valence-electron chi connectivity index (χ1n) is 12.3. The predicted molar refractivity (Wildman–Crippen MR) is 143 cm³/mol. The van der Waals surface area contributed by atoms with Crippen LogP contribution in [0.4, 0.5) is 0 Å². The van der Waals surface area contributed by atoms with E-state index in [0.717, 1.165) is 48.8 Å². The smallest absolute Gasteiger partial charge is 0.278 e. The van der Waals surface area contributed by atoms with Crippen LogP contribution in [0.2, 0.25) is 0 Å². The molecule has 0 atom stereocenters. The second-order valence-electron chi connectivity index (χ2n) is 9.54. The van der Waals surface area contributed by atoms with E-state index in [1.807, 2.05) is 38.1 Å². The molecule has 0 aliphatic heterocycles. The normalized spacial score (nSPS) is 13.7. The van der Waals surface area contributed by atoms with Crippen molar-refractivity contribution < 1.29 is 0 Å². The maximum Gasteiger partial charge on any atom is 0.337 e. The summed E-state index contributed by atoms with van der Waals surface area (Å²) in [5.74, 6) is 0. The summed E-state index contributed by atoms with van der Waals surface area (Å²) >= 11 is 1.54. The molecule has 1 aliphatic carbocycles. The summed E-state index contributed by atoms with van der Waals surface area (Å²) in [5, 5.41) is 0.632. The van der Waals surface area contributed by atoms with E-state index < -0.39 is 5.69 Å². The third-order valence-corrected chi connectivity index (χ3v) is 8.49. The van der Waals surface area contributed by atoms with Crippen LogP contribution >= 0.6 is 11.3 Å². The van der Waals surface area contributed by atoms with Gasteiger partial charge in [0, 0.05) is 17.1 Å². The van der Waals surface area contributed by atoms with Crippen LogP contribution in [-0.2, 0) is 19.4 Å². The van der Waals surface area contributed by atoms with Gasteiger partial charge in [-0.3, -0.25) is 18.6 Å². The van der Waals surface area contributed by atoms with Crippen molar-refractivity contribution in [3.63, 3.8) is 0 Å². The second-order valence-corrected chi connectivity index (χ2v) is 10.6. The highest BCUT2D eigenvalue weighted by molar-refractivity contribution is 7.18. The number of hydrogen-bond acceptors (Lipinski definition) is 5. The van der Waals surface area contributed by atoms with Crippen molar-refractivity contribution in [1.29, 1.82) is 0 Å². The minimum absolute atomic E-state index is 0.112. The summed E-state index contributed by atoms with van der Waals surface area (Å²) in [6.07, 6.45) is 6.68. The molecule has 6 rings (SSSR count). The SMILES string of the molecule is Cc1ccc(-n2c(=O)c3c4c(sc3n(Cc3cc(=O)n5ccccc5n3)c2=O)CCCCC4)cc1C. The molecule has 0 unspecified atom stereocenters. The Labute approximate surface area is 210 Å². The van der Waals surface area contributed by atoms with Crippen molar-refractivity contribution in [2.45, 2.75) is 52.5 Å². The lowest BCUT2D eigenvalue weighted by molar-refractivity contribution is 0.700. The Morgan fingerprint density at radius 3 is 2.61 bits per heavy atom. The first kappa shape index (κ1) is 22.7. The van der Waals surface area contributed by atoms with Gasteiger partial charge in [-0.2, -0.15) is 0 Å². The van der Waals surface area contributed by atoms with E-state index in [4.69, 9.17) is 0 Å². The third-order valence-electron chi connectivity index (χ3n) is 7.18. The zero-order valence-corrected chi connectivity index (χ0v) is 21.1. The van der Waals surface area contributed by atoms with Crippen LogP contribution in [0.1, 0.15) is 46.5 Å². The number of aromatic nitrogens is 4. The van der Waals surface area contributed by atoms with Crippen molar-refractivity contribution >= 4 is 27.2 Å². The molecule has 1 aliphatic rings. The average Bonchev–Trinajstić information content (AvgIpc) is 3.07. The van der Waals surface area contributed by atoms with E-state index in [0.29, 0.717) is 27.2 Å². The number of nitrogens with zero attached hydrogens (tertiary/aromatic N) is 4. The van der Waals surface area contributed by atoms with E-state index >= 15 is 0 Å². The summed E-state index contributed by atoms with van der Waals surface area (Å²) in [6, 6.07) is 12.5. The Bertz CT molecular complexity index is 1840. The summed E-state index contributed by atoms with van der Waals surface area (Å²) in [5.41, 5.74) is 3.88. The Hall–Kier alpha value is -3.78. The quantitative estimate of drug-likeness (QED) is 0.350. The van der Waals surface area contributed by atoms with Gasteiger partial charge in [-0.25, -0.2) is 14.3 Å². The Balaban J connectivity index is 1.65.